The third-order valence-electron chi connectivity index (χ3n) is 4.69. The van der Waals surface area contributed by atoms with Crippen LogP contribution in [0.2, 0.25) is 0 Å². The number of carbonyl (C=O) groups is 1. The molecule has 0 spiro atoms. The summed E-state index contributed by atoms with van der Waals surface area (Å²) in [6, 6.07) is 0. The smallest absolute Gasteiger partial charge is 0.293 e. The predicted octanol–water partition coefficient (Wildman–Crippen LogP) is 2.52. The van der Waals surface area contributed by atoms with E-state index in [4.69, 9.17) is 4.74 Å². The quantitative estimate of drug-likeness (QED) is 0.613. The van der Waals surface area contributed by atoms with Gasteiger partial charge in [0.2, 0.25) is 0 Å². The molecular weight excluding hydrogens is 164 g/mol. The molecule has 0 aromatic carbocycles. The minimum Gasteiger partial charge on any atom is -0.464 e. The van der Waals surface area contributed by atoms with Gasteiger partial charge in [-0.1, -0.05) is 20.3 Å². The van der Waals surface area contributed by atoms with Crippen molar-refractivity contribution in [3.63, 3.8) is 0 Å². The number of hydrogen-bond donors (Lipinski definition) is 0. The van der Waals surface area contributed by atoms with Gasteiger partial charge in [0.15, 0.2) is 0 Å². The molecular formula is C11H18O2. The molecule has 13 heavy (non-hydrogen) atoms. The van der Waals surface area contributed by atoms with Crippen LogP contribution in [0.4, 0.5) is 0 Å². The van der Waals surface area contributed by atoms with Crippen LogP contribution < -0.4 is 0 Å². The topological polar surface area (TPSA) is 26.3 Å². The zero-order valence-corrected chi connectivity index (χ0v) is 8.51. The number of fused-ring (bicyclic) bond motifs is 1. The number of hydrogen-bond acceptors (Lipinski definition) is 2. The largest absolute Gasteiger partial charge is 0.464 e. The van der Waals surface area contributed by atoms with Crippen molar-refractivity contribution in [3.8, 4) is 0 Å². The van der Waals surface area contributed by atoms with Crippen LogP contribution in [0.15, 0.2) is 0 Å². The lowest BCUT2D eigenvalue weighted by Gasteiger charge is -2.37. The van der Waals surface area contributed by atoms with Gasteiger partial charge < -0.3 is 4.74 Å². The average molecular weight is 182 g/mol. The van der Waals surface area contributed by atoms with Gasteiger partial charge in [0.25, 0.3) is 6.47 Å². The van der Waals surface area contributed by atoms with Gasteiger partial charge >= 0.3 is 0 Å². The van der Waals surface area contributed by atoms with E-state index >= 15 is 0 Å². The Morgan fingerprint density at radius 1 is 1.31 bits per heavy atom. The molecule has 3 atom stereocenters. The van der Waals surface area contributed by atoms with E-state index in [0.717, 1.165) is 6.42 Å². The van der Waals surface area contributed by atoms with Crippen LogP contribution in [0.25, 0.3) is 0 Å². The molecule has 2 aliphatic rings. The molecule has 0 aliphatic heterocycles. The minimum absolute atomic E-state index is 0.178. The number of carbonyl (C=O) groups excluding carboxylic acids is 1. The molecule has 0 aromatic rings. The van der Waals surface area contributed by atoms with E-state index in [1.807, 2.05) is 0 Å². The summed E-state index contributed by atoms with van der Waals surface area (Å²) in [4.78, 5) is 10.4. The fraction of sp³-hybridized carbons (Fsp3) is 0.909. The summed E-state index contributed by atoms with van der Waals surface area (Å²) in [5.74, 6) is 0. The molecule has 2 saturated carbocycles. The number of rotatable bonds is 2. The van der Waals surface area contributed by atoms with E-state index in [2.05, 4.69) is 13.8 Å². The minimum atomic E-state index is 0.178. The van der Waals surface area contributed by atoms with E-state index in [-0.39, 0.29) is 11.5 Å². The van der Waals surface area contributed by atoms with E-state index in [0.29, 0.717) is 11.9 Å². The van der Waals surface area contributed by atoms with Crippen molar-refractivity contribution in [3.05, 3.63) is 0 Å². The predicted molar refractivity (Wildman–Crippen MR) is 50.2 cm³/mol. The molecule has 2 nitrogen and oxygen atoms in total. The van der Waals surface area contributed by atoms with Crippen LogP contribution in [0.1, 0.15) is 46.0 Å². The Morgan fingerprint density at radius 3 is 2.77 bits per heavy atom. The Labute approximate surface area is 79.7 Å². The highest BCUT2D eigenvalue weighted by Crippen LogP contribution is 2.63. The first-order chi connectivity index (χ1) is 6.12. The molecule has 0 bridgehead atoms. The Morgan fingerprint density at radius 2 is 2.08 bits per heavy atom. The van der Waals surface area contributed by atoms with Crippen molar-refractivity contribution >= 4 is 6.47 Å². The molecule has 0 saturated heterocycles. The van der Waals surface area contributed by atoms with Crippen LogP contribution in [-0.2, 0) is 9.53 Å². The van der Waals surface area contributed by atoms with Crippen LogP contribution in [0.3, 0.4) is 0 Å². The van der Waals surface area contributed by atoms with E-state index in [1.54, 1.807) is 0 Å². The third-order valence-corrected chi connectivity index (χ3v) is 4.69. The van der Waals surface area contributed by atoms with Gasteiger partial charge in [-0.05, 0) is 31.1 Å². The summed E-state index contributed by atoms with van der Waals surface area (Å²) in [5.41, 5.74) is 0.689. The second kappa shape index (κ2) is 2.73. The standard InChI is InChI=1S/C11H18O2/c1-10-5-3-6-11(10,2)9(4-7-10)13-8-12/h8-9H,3-7H2,1-2H3. The molecule has 2 aliphatic carbocycles. The summed E-state index contributed by atoms with van der Waals surface area (Å²) in [7, 11) is 0. The lowest BCUT2D eigenvalue weighted by Crippen LogP contribution is -2.36. The van der Waals surface area contributed by atoms with Crippen LogP contribution >= 0.6 is 0 Å². The Kier molecular flexibility index (Phi) is 1.90. The van der Waals surface area contributed by atoms with Crippen LogP contribution in [-0.4, -0.2) is 12.6 Å². The maximum absolute atomic E-state index is 10.4. The molecule has 74 valence electrons. The van der Waals surface area contributed by atoms with Crippen LogP contribution in [0.5, 0.6) is 0 Å². The summed E-state index contributed by atoms with van der Waals surface area (Å²) in [6.45, 7) is 5.27. The van der Waals surface area contributed by atoms with E-state index < -0.39 is 0 Å². The molecule has 0 heterocycles. The monoisotopic (exact) mass is 182 g/mol. The summed E-state index contributed by atoms with van der Waals surface area (Å²) >= 11 is 0. The lowest BCUT2D eigenvalue weighted by atomic mass is 9.70. The number of ether oxygens (including phenoxy) is 1. The molecule has 0 aromatic heterocycles. The second-order valence-corrected chi connectivity index (χ2v) is 5.09. The summed E-state index contributed by atoms with van der Waals surface area (Å²) < 4.78 is 5.20. The lowest BCUT2D eigenvalue weighted by molar-refractivity contribution is -0.140. The highest BCUT2D eigenvalue weighted by molar-refractivity contribution is 5.38. The van der Waals surface area contributed by atoms with Crippen molar-refractivity contribution in [1.29, 1.82) is 0 Å². The van der Waals surface area contributed by atoms with Crippen molar-refractivity contribution < 1.29 is 9.53 Å². The molecule has 3 unspecified atom stereocenters. The zero-order valence-electron chi connectivity index (χ0n) is 8.51. The van der Waals surface area contributed by atoms with Crippen LogP contribution in [0, 0.1) is 10.8 Å². The van der Waals surface area contributed by atoms with Gasteiger partial charge in [-0.25, -0.2) is 0 Å². The third kappa shape index (κ3) is 1.04. The molecule has 2 rings (SSSR count). The fourth-order valence-electron chi connectivity index (χ4n) is 3.45. The summed E-state index contributed by atoms with van der Waals surface area (Å²) in [5, 5.41) is 0. The SMILES string of the molecule is CC12CCCC1(C)C(OC=O)CC2. The summed E-state index contributed by atoms with van der Waals surface area (Å²) in [6.07, 6.45) is 6.29. The molecule has 0 N–H and O–H groups in total. The molecule has 0 radical (unpaired) electrons. The Balaban J connectivity index is 2.23. The first kappa shape index (κ1) is 9.04. The maximum Gasteiger partial charge on any atom is 0.293 e. The van der Waals surface area contributed by atoms with Crippen molar-refractivity contribution in [2.24, 2.45) is 10.8 Å². The highest BCUT2D eigenvalue weighted by atomic mass is 16.5. The van der Waals surface area contributed by atoms with E-state index in [9.17, 15) is 4.79 Å². The second-order valence-electron chi connectivity index (χ2n) is 5.09. The highest BCUT2D eigenvalue weighted by Gasteiger charge is 2.58. The molecule has 2 heteroatoms. The van der Waals surface area contributed by atoms with Gasteiger partial charge in [-0.3, -0.25) is 4.79 Å². The molecule has 2 fully saturated rings. The zero-order chi connectivity index (χ0) is 9.53. The maximum atomic E-state index is 10.4. The van der Waals surface area contributed by atoms with Crippen molar-refractivity contribution in [2.45, 2.75) is 52.1 Å². The Hall–Kier alpha value is -0.530. The van der Waals surface area contributed by atoms with E-state index in [1.165, 1.54) is 25.7 Å². The Bertz CT molecular complexity index is 226. The molecule has 0 amide bonds. The van der Waals surface area contributed by atoms with Gasteiger partial charge in [-0.15, -0.1) is 0 Å². The van der Waals surface area contributed by atoms with Gasteiger partial charge in [0.1, 0.15) is 6.10 Å². The van der Waals surface area contributed by atoms with Gasteiger partial charge in [-0.2, -0.15) is 0 Å². The fourth-order valence-corrected chi connectivity index (χ4v) is 3.45. The van der Waals surface area contributed by atoms with Crippen molar-refractivity contribution in [1.82, 2.24) is 0 Å². The van der Waals surface area contributed by atoms with Gasteiger partial charge in [0.05, 0.1) is 0 Å². The normalized spacial score (nSPS) is 48.9. The average Bonchev–Trinajstić information content (AvgIpc) is 2.48. The van der Waals surface area contributed by atoms with Crippen molar-refractivity contribution in [2.75, 3.05) is 0 Å². The van der Waals surface area contributed by atoms with Gasteiger partial charge in [0, 0.05) is 5.41 Å². The first-order valence-electron chi connectivity index (χ1n) is 5.21. The first-order valence-corrected chi connectivity index (χ1v) is 5.21.